The molecule has 0 aliphatic carbocycles. The van der Waals surface area contributed by atoms with E-state index < -0.39 is 4.92 Å². The van der Waals surface area contributed by atoms with Crippen LogP contribution in [-0.2, 0) is 0 Å². The van der Waals surface area contributed by atoms with E-state index in [1.807, 2.05) is 32.8 Å². The largest absolute Gasteiger partial charge is 0.308 e. The van der Waals surface area contributed by atoms with Crippen molar-refractivity contribution in [2.24, 2.45) is 0 Å². The van der Waals surface area contributed by atoms with Gasteiger partial charge in [0.1, 0.15) is 0 Å². The van der Waals surface area contributed by atoms with E-state index in [0.717, 1.165) is 21.3 Å². The van der Waals surface area contributed by atoms with E-state index in [4.69, 9.17) is 4.98 Å². The number of non-ortho nitro benzene ring substituents is 1. The zero-order valence-electron chi connectivity index (χ0n) is 16.3. The molecule has 1 amide bonds. The lowest BCUT2D eigenvalue weighted by Crippen LogP contribution is -2.36. The molecule has 0 fully saturated rings. The Hall–Kier alpha value is -2.84. The fourth-order valence-electron chi connectivity index (χ4n) is 2.94. The Labute approximate surface area is 167 Å². The highest BCUT2D eigenvalue weighted by atomic mass is 32.1. The van der Waals surface area contributed by atoms with E-state index in [2.05, 4.69) is 12.1 Å². The van der Waals surface area contributed by atoms with Gasteiger partial charge in [0, 0.05) is 30.8 Å². The molecule has 2 aromatic carbocycles. The third-order valence-electron chi connectivity index (χ3n) is 4.39. The lowest BCUT2D eigenvalue weighted by atomic mass is 10.1. The Morgan fingerprint density at radius 3 is 2.43 bits per heavy atom. The van der Waals surface area contributed by atoms with Gasteiger partial charge < -0.3 is 4.90 Å². The number of amides is 1. The molecule has 0 aliphatic rings. The first-order valence-electron chi connectivity index (χ1n) is 8.85. The van der Waals surface area contributed by atoms with Crippen LogP contribution in [0.1, 0.15) is 21.5 Å². The maximum Gasteiger partial charge on any atom is 0.269 e. The molecule has 3 aromatic rings. The van der Waals surface area contributed by atoms with Crippen LogP contribution >= 0.6 is 11.3 Å². The summed E-state index contributed by atoms with van der Waals surface area (Å²) in [4.78, 5) is 31.9. The number of aryl methyl sites for hydroxylation is 2. The molecule has 1 aromatic heterocycles. The number of nitrogens with zero attached hydrogens (tertiary/aromatic N) is 4. The second-order valence-electron chi connectivity index (χ2n) is 6.99. The first kappa shape index (κ1) is 19.9. The summed E-state index contributed by atoms with van der Waals surface area (Å²) in [6.07, 6.45) is 0. The summed E-state index contributed by atoms with van der Waals surface area (Å²) in [5.74, 6) is -0.217. The summed E-state index contributed by atoms with van der Waals surface area (Å²) >= 11 is 1.48. The Morgan fingerprint density at radius 1 is 1.14 bits per heavy atom. The van der Waals surface area contributed by atoms with Gasteiger partial charge in [0.05, 0.1) is 15.1 Å². The first-order chi connectivity index (χ1) is 13.3. The standard InChI is InChI=1S/C20H22N4O3S/c1-13-11-14(2)18-17(12-13)28-20(21-18)23(10-9-22(3)4)19(25)15-5-7-16(8-6-15)24(26)27/h5-8,11-12H,9-10H2,1-4H3. The van der Waals surface area contributed by atoms with Crippen LogP contribution in [0.15, 0.2) is 36.4 Å². The number of nitro groups is 1. The fraction of sp³-hybridized carbons (Fsp3) is 0.300. The van der Waals surface area contributed by atoms with Gasteiger partial charge in [-0.25, -0.2) is 4.98 Å². The zero-order valence-corrected chi connectivity index (χ0v) is 17.1. The minimum Gasteiger partial charge on any atom is -0.308 e. The number of nitro benzene ring substituents is 1. The SMILES string of the molecule is Cc1cc(C)c2nc(N(CCN(C)C)C(=O)c3ccc([N+](=O)[O-])cc3)sc2c1. The number of thiazole rings is 1. The molecule has 0 radical (unpaired) electrons. The first-order valence-corrected chi connectivity index (χ1v) is 9.67. The van der Waals surface area contributed by atoms with Gasteiger partial charge in [-0.15, -0.1) is 0 Å². The van der Waals surface area contributed by atoms with Gasteiger partial charge in [0.15, 0.2) is 5.13 Å². The second-order valence-corrected chi connectivity index (χ2v) is 8.00. The van der Waals surface area contributed by atoms with Gasteiger partial charge in [0.25, 0.3) is 11.6 Å². The van der Waals surface area contributed by atoms with Crippen LogP contribution in [0.2, 0.25) is 0 Å². The molecule has 0 bridgehead atoms. The smallest absolute Gasteiger partial charge is 0.269 e. The van der Waals surface area contributed by atoms with Crippen molar-refractivity contribution in [3.05, 3.63) is 63.2 Å². The summed E-state index contributed by atoms with van der Waals surface area (Å²) in [6, 6.07) is 9.84. The third kappa shape index (κ3) is 4.18. The van der Waals surface area contributed by atoms with Crippen molar-refractivity contribution in [2.45, 2.75) is 13.8 Å². The molecule has 7 nitrogen and oxygen atoms in total. The molecule has 0 N–H and O–H groups in total. The minimum absolute atomic E-state index is 0.0394. The average molecular weight is 398 g/mol. The van der Waals surface area contributed by atoms with Crippen LogP contribution in [0.5, 0.6) is 0 Å². The van der Waals surface area contributed by atoms with Gasteiger partial charge >= 0.3 is 0 Å². The normalized spacial score (nSPS) is 11.2. The number of hydrogen-bond donors (Lipinski definition) is 0. The van der Waals surface area contributed by atoms with E-state index >= 15 is 0 Å². The summed E-state index contributed by atoms with van der Waals surface area (Å²) in [6.45, 7) is 5.20. The number of hydrogen-bond acceptors (Lipinski definition) is 6. The number of anilines is 1. The Morgan fingerprint density at radius 2 is 1.82 bits per heavy atom. The van der Waals surface area contributed by atoms with Crippen LogP contribution in [0.4, 0.5) is 10.8 Å². The van der Waals surface area contributed by atoms with Crippen LogP contribution in [0.25, 0.3) is 10.2 Å². The number of likely N-dealkylation sites (N-methyl/N-ethyl adjacent to an activating group) is 1. The minimum atomic E-state index is -0.475. The van der Waals surface area contributed by atoms with Crippen molar-refractivity contribution in [1.82, 2.24) is 9.88 Å². The molecule has 28 heavy (non-hydrogen) atoms. The monoisotopic (exact) mass is 398 g/mol. The van der Waals surface area contributed by atoms with Crippen LogP contribution in [0.3, 0.4) is 0 Å². The van der Waals surface area contributed by atoms with Gasteiger partial charge in [-0.1, -0.05) is 17.4 Å². The number of fused-ring (bicyclic) bond motifs is 1. The maximum atomic E-state index is 13.2. The predicted octanol–water partition coefficient (Wildman–Crippen LogP) is 4.03. The van der Waals surface area contributed by atoms with E-state index in [1.54, 1.807) is 4.90 Å². The lowest BCUT2D eigenvalue weighted by Gasteiger charge is -2.22. The highest BCUT2D eigenvalue weighted by Gasteiger charge is 2.22. The van der Waals surface area contributed by atoms with E-state index in [0.29, 0.717) is 23.8 Å². The number of aromatic nitrogens is 1. The van der Waals surface area contributed by atoms with Crippen LogP contribution < -0.4 is 4.90 Å². The summed E-state index contributed by atoms with van der Waals surface area (Å²) in [5.41, 5.74) is 3.49. The van der Waals surface area contributed by atoms with Crippen molar-refractivity contribution >= 4 is 38.3 Å². The zero-order chi connectivity index (χ0) is 20.4. The van der Waals surface area contributed by atoms with Gasteiger partial charge in [-0.05, 0) is 57.3 Å². The van der Waals surface area contributed by atoms with Crippen LogP contribution in [-0.4, -0.2) is 47.9 Å². The Kier molecular flexibility index (Phi) is 5.71. The van der Waals surface area contributed by atoms with Crippen LogP contribution in [0, 0.1) is 24.0 Å². The molecule has 0 saturated carbocycles. The van der Waals surface area contributed by atoms with E-state index in [9.17, 15) is 14.9 Å². The molecule has 0 atom stereocenters. The van der Waals surface area contributed by atoms with Crippen molar-refractivity contribution in [1.29, 1.82) is 0 Å². The Bertz CT molecular complexity index is 1030. The number of benzene rings is 2. The van der Waals surface area contributed by atoms with Crippen molar-refractivity contribution in [3.63, 3.8) is 0 Å². The summed E-state index contributed by atoms with van der Waals surface area (Å²) in [7, 11) is 3.89. The number of carbonyl (C=O) groups excluding carboxylic acids is 1. The predicted molar refractivity (Wildman–Crippen MR) is 112 cm³/mol. The molecule has 8 heteroatoms. The number of rotatable bonds is 6. The molecule has 1 heterocycles. The lowest BCUT2D eigenvalue weighted by molar-refractivity contribution is -0.384. The van der Waals surface area contributed by atoms with E-state index in [-0.39, 0.29) is 11.6 Å². The molecule has 0 aliphatic heterocycles. The van der Waals surface area contributed by atoms with Gasteiger partial charge in [-0.3, -0.25) is 19.8 Å². The van der Waals surface area contributed by atoms with Crippen molar-refractivity contribution in [2.75, 3.05) is 32.1 Å². The maximum absolute atomic E-state index is 13.2. The summed E-state index contributed by atoms with van der Waals surface area (Å²) in [5, 5.41) is 11.5. The highest BCUT2D eigenvalue weighted by molar-refractivity contribution is 7.22. The fourth-order valence-corrected chi connectivity index (χ4v) is 4.11. The second kappa shape index (κ2) is 8.04. The quantitative estimate of drug-likeness (QED) is 0.463. The van der Waals surface area contributed by atoms with Gasteiger partial charge in [-0.2, -0.15) is 0 Å². The molecule has 146 valence electrons. The molecule has 0 saturated heterocycles. The van der Waals surface area contributed by atoms with Gasteiger partial charge in [0.2, 0.25) is 0 Å². The Balaban J connectivity index is 1.99. The van der Waals surface area contributed by atoms with Crippen molar-refractivity contribution < 1.29 is 9.72 Å². The topological polar surface area (TPSA) is 79.6 Å². The molecule has 0 spiro atoms. The highest BCUT2D eigenvalue weighted by Crippen LogP contribution is 2.32. The molecule has 3 rings (SSSR count). The van der Waals surface area contributed by atoms with Crippen molar-refractivity contribution in [3.8, 4) is 0 Å². The molecular formula is C20H22N4O3S. The third-order valence-corrected chi connectivity index (χ3v) is 5.42. The number of carbonyl (C=O) groups is 1. The molecule has 0 unspecified atom stereocenters. The summed E-state index contributed by atoms with van der Waals surface area (Å²) < 4.78 is 1.04. The average Bonchev–Trinajstić information content (AvgIpc) is 3.05. The molecular weight excluding hydrogens is 376 g/mol. The van der Waals surface area contributed by atoms with E-state index in [1.165, 1.54) is 35.6 Å².